The van der Waals surface area contributed by atoms with Gasteiger partial charge in [-0.05, 0) is 55.5 Å². The van der Waals surface area contributed by atoms with E-state index >= 15 is 0 Å². The second kappa shape index (κ2) is 7.83. The van der Waals surface area contributed by atoms with Gasteiger partial charge in [-0.1, -0.05) is 31.5 Å². The van der Waals surface area contributed by atoms with Gasteiger partial charge in [-0.3, -0.25) is 4.79 Å². The van der Waals surface area contributed by atoms with Gasteiger partial charge in [-0.15, -0.1) is 23.1 Å². The molecule has 1 N–H and O–H groups in total. The lowest BCUT2D eigenvalue weighted by atomic mass is 10.1. The minimum Gasteiger partial charge on any atom is -0.364 e. The third kappa shape index (κ3) is 4.21. The summed E-state index contributed by atoms with van der Waals surface area (Å²) in [4.78, 5) is 16.4. The maximum atomic E-state index is 13.2. The first-order chi connectivity index (χ1) is 12.3. The molecular weight excluding hydrogens is 384 g/mol. The van der Waals surface area contributed by atoms with Crippen LogP contribution < -0.4 is 5.32 Å². The molecule has 1 fully saturated rings. The van der Waals surface area contributed by atoms with Gasteiger partial charge in [-0.25, -0.2) is 0 Å². The van der Waals surface area contributed by atoms with Crippen molar-refractivity contribution in [3.8, 4) is 0 Å². The molecule has 2 aromatic rings. The number of amides is 1. The molecule has 1 aromatic carbocycles. The smallest absolute Gasteiger partial charge is 0.230 e. The highest BCUT2D eigenvalue weighted by Crippen LogP contribution is 2.47. The number of thioether (sulfide) groups is 1. The van der Waals surface area contributed by atoms with E-state index in [0.717, 1.165) is 10.6 Å². The highest BCUT2D eigenvalue weighted by atomic mass is 35.5. The van der Waals surface area contributed by atoms with E-state index in [9.17, 15) is 4.79 Å². The van der Waals surface area contributed by atoms with Crippen LogP contribution in [0.2, 0.25) is 5.02 Å². The minimum absolute atomic E-state index is 0.0754. The number of nitrogens with zero attached hydrogens (tertiary/aromatic N) is 1. The third-order valence-electron chi connectivity index (χ3n) is 4.55. The normalized spacial score (nSPS) is 22.0. The largest absolute Gasteiger partial charge is 0.364 e. The average Bonchev–Trinajstić information content (AvgIpc) is 3.16. The van der Waals surface area contributed by atoms with Gasteiger partial charge < -0.3 is 10.2 Å². The molecule has 3 nitrogen and oxygen atoms in total. The lowest BCUT2D eigenvalue weighted by Gasteiger charge is -2.35. The van der Waals surface area contributed by atoms with E-state index in [1.807, 2.05) is 53.5 Å². The van der Waals surface area contributed by atoms with Gasteiger partial charge in [0.05, 0.1) is 16.5 Å². The summed E-state index contributed by atoms with van der Waals surface area (Å²) in [5, 5.41) is 6.47. The molecule has 3 rings (SSSR count). The van der Waals surface area contributed by atoms with E-state index in [0.29, 0.717) is 17.4 Å². The molecule has 0 saturated carbocycles. The number of benzene rings is 1. The standard InChI is InChI=1S/C20H25ClN2OS2/c1-13(2)18-23(17(24)12-16-6-5-11-25-16)19(20(3,4)26-18)22-15-9-7-14(21)8-10-15/h5-11,13,18-19,22H,12H2,1-4H3. The van der Waals surface area contributed by atoms with Gasteiger partial charge in [0.2, 0.25) is 5.91 Å². The van der Waals surface area contributed by atoms with Crippen molar-refractivity contribution in [2.45, 2.75) is 50.4 Å². The van der Waals surface area contributed by atoms with Crippen LogP contribution in [0.1, 0.15) is 32.6 Å². The molecule has 1 aliphatic heterocycles. The number of hydrogen-bond donors (Lipinski definition) is 1. The molecule has 6 heteroatoms. The van der Waals surface area contributed by atoms with Crippen LogP contribution in [0.15, 0.2) is 41.8 Å². The Kier molecular flexibility index (Phi) is 5.90. The number of carbonyl (C=O) groups excluding carboxylic acids is 1. The van der Waals surface area contributed by atoms with Gasteiger partial charge in [0.1, 0.15) is 6.17 Å². The SMILES string of the molecule is CC(C)C1SC(C)(C)C(Nc2ccc(Cl)cc2)N1C(=O)Cc1cccs1. The highest BCUT2D eigenvalue weighted by Gasteiger charge is 2.50. The summed E-state index contributed by atoms with van der Waals surface area (Å²) in [6.07, 6.45) is 0.379. The third-order valence-corrected chi connectivity index (χ3v) is 7.52. The van der Waals surface area contributed by atoms with E-state index in [-0.39, 0.29) is 22.2 Å². The van der Waals surface area contributed by atoms with Crippen molar-refractivity contribution < 1.29 is 4.79 Å². The van der Waals surface area contributed by atoms with Crippen LogP contribution in [0.5, 0.6) is 0 Å². The van der Waals surface area contributed by atoms with Crippen molar-refractivity contribution in [1.82, 2.24) is 4.90 Å². The fraction of sp³-hybridized carbons (Fsp3) is 0.450. The molecule has 2 heterocycles. The van der Waals surface area contributed by atoms with Crippen molar-refractivity contribution in [1.29, 1.82) is 0 Å². The topological polar surface area (TPSA) is 32.3 Å². The summed E-state index contributed by atoms with van der Waals surface area (Å²) < 4.78 is -0.0975. The first-order valence-corrected chi connectivity index (χ1v) is 10.9. The first kappa shape index (κ1) is 19.6. The van der Waals surface area contributed by atoms with Gasteiger partial charge >= 0.3 is 0 Å². The van der Waals surface area contributed by atoms with Crippen LogP contribution in [0.3, 0.4) is 0 Å². The second-order valence-corrected chi connectivity index (χ2v) is 10.7. The fourth-order valence-electron chi connectivity index (χ4n) is 3.26. The number of anilines is 1. The lowest BCUT2D eigenvalue weighted by molar-refractivity contribution is -0.133. The Hall–Kier alpha value is -1.17. The molecule has 26 heavy (non-hydrogen) atoms. The van der Waals surface area contributed by atoms with Crippen molar-refractivity contribution in [3.63, 3.8) is 0 Å². The quantitative estimate of drug-likeness (QED) is 0.686. The zero-order chi connectivity index (χ0) is 18.9. The maximum Gasteiger partial charge on any atom is 0.230 e. The van der Waals surface area contributed by atoms with Gasteiger partial charge in [0.25, 0.3) is 0 Å². The Labute approximate surface area is 169 Å². The number of thiophene rings is 1. The summed E-state index contributed by atoms with van der Waals surface area (Å²) in [5.74, 6) is 0.555. The van der Waals surface area contributed by atoms with Gasteiger partial charge in [-0.2, -0.15) is 0 Å². The predicted octanol–water partition coefficient (Wildman–Crippen LogP) is 5.72. The second-order valence-electron chi connectivity index (χ2n) is 7.47. The monoisotopic (exact) mass is 408 g/mol. The summed E-state index contributed by atoms with van der Waals surface area (Å²) >= 11 is 9.52. The summed E-state index contributed by atoms with van der Waals surface area (Å²) in [5.41, 5.74) is 0.978. The molecule has 0 bridgehead atoms. The summed E-state index contributed by atoms with van der Waals surface area (Å²) in [6, 6.07) is 11.7. The Morgan fingerprint density at radius 1 is 1.27 bits per heavy atom. The van der Waals surface area contributed by atoms with Crippen molar-refractivity contribution in [2.24, 2.45) is 5.92 Å². The van der Waals surface area contributed by atoms with Crippen molar-refractivity contribution >= 4 is 46.3 Å². The molecule has 1 amide bonds. The first-order valence-electron chi connectivity index (χ1n) is 8.81. The van der Waals surface area contributed by atoms with E-state index in [1.165, 1.54) is 0 Å². The number of halogens is 1. The van der Waals surface area contributed by atoms with Crippen LogP contribution in [-0.2, 0) is 11.2 Å². The molecule has 2 atom stereocenters. The molecule has 140 valence electrons. The van der Waals surface area contributed by atoms with E-state index in [4.69, 9.17) is 11.6 Å². The van der Waals surface area contributed by atoms with Crippen molar-refractivity contribution in [3.05, 3.63) is 51.7 Å². The van der Waals surface area contributed by atoms with Crippen LogP contribution in [-0.4, -0.2) is 27.1 Å². The Morgan fingerprint density at radius 3 is 2.54 bits per heavy atom. The summed E-state index contributed by atoms with van der Waals surface area (Å²) in [7, 11) is 0. The van der Waals surface area contributed by atoms with E-state index in [2.05, 4.69) is 37.9 Å². The maximum absolute atomic E-state index is 13.2. The van der Waals surface area contributed by atoms with Crippen LogP contribution in [0.4, 0.5) is 5.69 Å². The zero-order valence-corrected chi connectivity index (χ0v) is 17.9. The molecular formula is C20H25ClN2OS2. The molecule has 0 radical (unpaired) electrons. The molecule has 1 aliphatic rings. The fourth-order valence-corrected chi connectivity index (χ4v) is 5.63. The van der Waals surface area contributed by atoms with Crippen LogP contribution in [0.25, 0.3) is 0 Å². The Bertz CT molecular complexity index is 744. The highest BCUT2D eigenvalue weighted by molar-refractivity contribution is 8.01. The van der Waals surface area contributed by atoms with Crippen LogP contribution >= 0.6 is 34.7 Å². The molecule has 2 unspecified atom stereocenters. The van der Waals surface area contributed by atoms with Crippen molar-refractivity contribution in [2.75, 3.05) is 5.32 Å². The lowest BCUT2D eigenvalue weighted by Crippen LogP contribution is -2.51. The van der Waals surface area contributed by atoms with E-state index in [1.54, 1.807) is 11.3 Å². The zero-order valence-electron chi connectivity index (χ0n) is 15.5. The molecule has 0 aliphatic carbocycles. The number of carbonyl (C=O) groups is 1. The number of hydrogen-bond acceptors (Lipinski definition) is 4. The average molecular weight is 409 g/mol. The summed E-state index contributed by atoms with van der Waals surface area (Å²) in [6.45, 7) is 8.78. The van der Waals surface area contributed by atoms with Crippen LogP contribution in [0, 0.1) is 5.92 Å². The molecule has 0 spiro atoms. The Morgan fingerprint density at radius 2 is 1.96 bits per heavy atom. The molecule has 1 saturated heterocycles. The van der Waals surface area contributed by atoms with Gasteiger partial charge in [0, 0.05) is 15.6 Å². The van der Waals surface area contributed by atoms with E-state index < -0.39 is 0 Å². The predicted molar refractivity (Wildman–Crippen MR) is 114 cm³/mol. The minimum atomic E-state index is -0.0975. The number of rotatable bonds is 5. The Balaban J connectivity index is 1.88. The molecule has 1 aromatic heterocycles. The number of nitrogens with one attached hydrogen (secondary N) is 1. The van der Waals surface area contributed by atoms with Gasteiger partial charge in [0.15, 0.2) is 0 Å².